The summed E-state index contributed by atoms with van der Waals surface area (Å²) in [7, 11) is 4.64. The van der Waals surface area contributed by atoms with Gasteiger partial charge in [-0.25, -0.2) is 0 Å². The van der Waals surface area contributed by atoms with Gasteiger partial charge in [-0.05, 0) is 5.69 Å². The first-order valence-corrected chi connectivity index (χ1v) is 7.97. The van der Waals surface area contributed by atoms with Gasteiger partial charge in [0.2, 0.25) is 0 Å². The van der Waals surface area contributed by atoms with Crippen LogP contribution in [0.2, 0.25) is 0 Å². The normalized spacial score (nSPS) is 9.81. The summed E-state index contributed by atoms with van der Waals surface area (Å²) >= 11 is 1.47. The molecule has 0 spiro atoms. The standard InChI is InChI=1S/C12H6F4N.CO.ClH.Ir/c13-10-4-1-8(2-5-10)11-6-3-9(7-17-11)12(14,15)16;1-2;;/h1,3-7H;;1H;/q2*-1;;+3/p-1. The van der Waals surface area contributed by atoms with Crippen LogP contribution in [0.3, 0.4) is 0 Å². The van der Waals surface area contributed by atoms with Crippen molar-refractivity contribution in [3.05, 3.63) is 54.0 Å². The van der Waals surface area contributed by atoms with Crippen LogP contribution in [0.4, 0.5) is 17.6 Å². The average molecular weight is 496 g/mol. The maximum absolute atomic E-state index is 12.6. The number of pyridine rings is 1. The molecule has 21 heavy (non-hydrogen) atoms. The molecule has 0 aliphatic heterocycles. The molecule has 2 nitrogen and oxygen atoms in total. The minimum atomic E-state index is -4.40. The first-order chi connectivity index (χ1) is 9.97. The van der Waals surface area contributed by atoms with Crippen LogP contribution in [0.15, 0.2) is 36.5 Å². The third-order valence-electron chi connectivity index (χ3n) is 2.14. The molecule has 0 saturated carbocycles. The molecule has 1 aromatic heterocycles. The quantitative estimate of drug-likeness (QED) is 0.442. The van der Waals surface area contributed by atoms with Crippen LogP contribution in [0.1, 0.15) is 5.56 Å². The van der Waals surface area contributed by atoms with Gasteiger partial charge in [-0.3, -0.25) is 4.39 Å². The van der Waals surface area contributed by atoms with E-state index < -0.39 is 17.6 Å². The summed E-state index contributed by atoms with van der Waals surface area (Å²) in [5.41, 5.74) is -0.0542. The Labute approximate surface area is 133 Å². The van der Waals surface area contributed by atoms with E-state index in [-0.39, 0.29) is 0 Å². The number of alkyl halides is 3. The van der Waals surface area contributed by atoms with Gasteiger partial charge in [0.1, 0.15) is 0 Å². The SMILES string of the molecule is Fc1c[c-]c(-c2ccc(C(F)(F)F)cn2)cc1.[C-]=O.[Cl][Ir+2]. The Morgan fingerprint density at radius 3 is 2.14 bits per heavy atom. The van der Waals surface area contributed by atoms with Crippen LogP contribution in [-0.4, -0.2) is 11.8 Å². The maximum atomic E-state index is 12.6. The third kappa shape index (κ3) is 6.33. The molecule has 2 aromatic rings. The molecule has 0 N–H and O–H groups in total. The van der Waals surface area contributed by atoms with Crippen LogP contribution < -0.4 is 0 Å². The molecule has 0 amide bonds. The van der Waals surface area contributed by atoms with E-state index >= 15 is 0 Å². The van der Waals surface area contributed by atoms with Crippen LogP contribution in [0.25, 0.3) is 11.3 Å². The Kier molecular flexibility index (Phi) is 9.01. The van der Waals surface area contributed by atoms with Gasteiger partial charge in [-0.1, -0.05) is 12.1 Å². The van der Waals surface area contributed by atoms with Crippen molar-refractivity contribution in [1.29, 1.82) is 0 Å². The Morgan fingerprint density at radius 2 is 1.76 bits per heavy atom. The van der Waals surface area contributed by atoms with Gasteiger partial charge in [-0.15, -0.1) is 29.8 Å². The fraction of sp³-hybridized carbons (Fsp3) is 0.0769. The third-order valence-corrected chi connectivity index (χ3v) is 2.14. The van der Waals surface area contributed by atoms with Crippen molar-refractivity contribution in [2.24, 2.45) is 0 Å². The van der Waals surface area contributed by atoms with E-state index in [0.29, 0.717) is 11.3 Å². The van der Waals surface area contributed by atoms with Gasteiger partial charge in [0, 0.05) is 12.0 Å². The molecule has 1 radical (unpaired) electrons. The van der Waals surface area contributed by atoms with E-state index in [1.165, 1.54) is 36.1 Å². The second-order valence-electron chi connectivity index (χ2n) is 3.35. The second-order valence-corrected chi connectivity index (χ2v) is 3.35. The number of carbonyl (C=O) groups excluding carboxylic acids is 1. The van der Waals surface area contributed by atoms with E-state index in [9.17, 15) is 17.6 Å². The molecule has 1 aromatic carbocycles. The van der Waals surface area contributed by atoms with Crippen molar-refractivity contribution in [2.45, 2.75) is 6.18 Å². The van der Waals surface area contributed by atoms with Crippen molar-refractivity contribution in [2.75, 3.05) is 0 Å². The van der Waals surface area contributed by atoms with E-state index in [2.05, 4.69) is 27.4 Å². The molecular weight excluding hydrogens is 490 g/mol. The first kappa shape index (κ1) is 19.7. The molecular formula is C13H6ClF4IrNO. The van der Waals surface area contributed by atoms with Crippen LogP contribution in [0, 0.1) is 11.9 Å². The topological polar surface area (TPSA) is 30.0 Å². The van der Waals surface area contributed by atoms with Crippen LogP contribution >= 0.6 is 9.58 Å². The Balaban J connectivity index is 0.000000921. The fourth-order valence-electron chi connectivity index (χ4n) is 1.29. The zero-order valence-corrected chi connectivity index (χ0v) is 13.2. The van der Waals surface area contributed by atoms with Gasteiger partial charge in [-0.2, -0.15) is 13.2 Å². The van der Waals surface area contributed by atoms with E-state index in [4.69, 9.17) is 4.79 Å². The summed E-state index contributed by atoms with van der Waals surface area (Å²) in [6, 6.07) is 8.46. The fourth-order valence-corrected chi connectivity index (χ4v) is 1.29. The zero-order valence-electron chi connectivity index (χ0n) is 10.0. The monoisotopic (exact) mass is 496 g/mol. The number of aromatic nitrogens is 1. The summed E-state index contributed by atoms with van der Waals surface area (Å²) in [6.45, 7) is 4.50. The van der Waals surface area contributed by atoms with Gasteiger partial charge in [0.05, 0.1) is 5.56 Å². The second kappa shape index (κ2) is 9.60. The van der Waals surface area contributed by atoms with E-state index in [1.807, 2.05) is 0 Å². The molecule has 0 atom stereocenters. The van der Waals surface area contributed by atoms with Gasteiger partial charge in [0.25, 0.3) is 0 Å². The number of nitrogens with zero attached hydrogens (tertiary/aromatic N) is 1. The molecule has 113 valence electrons. The van der Waals surface area contributed by atoms with Crippen molar-refractivity contribution in [3.63, 3.8) is 0 Å². The Morgan fingerprint density at radius 1 is 1.14 bits per heavy atom. The van der Waals surface area contributed by atoms with Gasteiger partial charge < -0.3 is 16.6 Å². The van der Waals surface area contributed by atoms with Crippen LogP contribution in [-0.2, 0) is 28.9 Å². The Bertz CT molecular complexity index is 531. The average Bonchev–Trinajstić information content (AvgIpc) is 2.51. The summed E-state index contributed by atoms with van der Waals surface area (Å²) in [4.78, 5) is 11.2. The summed E-state index contributed by atoms with van der Waals surface area (Å²) < 4.78 is 49.5. The minimum absolute atomic E-state index is 0.318. The molecule has 1 heterocycles. The number of hydrogen-bond acceptors (Lipinski definition) is 2. The zero-order chi connectivity index (χ0) is 16.5. The first-order valence-electron chi connectivity index (χ1n) is 5.01. The predicted molar refractivity (Wildman–Crippen MR) is 65.0 cm³/mol. The van der Waals surface area contributed by atoms with Crippen molar-refractivity contribution < 1.29 is 40.2 Å². The predicted octanol–water partition coefficient (Wildman–Crippen LogP) is 4.00. The molecule has 0 bridgehead atoms. The van der Waals surface area contributed by atoms with E-state index in [0.717, 1.165) is 18.3 Å². The molecule has 0 saturated heterocycles. The summed E-state index contributed by atoms with van der Waals surface area (Å²) in [6.07, 6.45) is -3.66. The molecule has 0 aliphatic rings. The van der Waals surface area contributed by atoms with Crippen LogP contribution in [0.5, 0.6) is 0 Å². The van der Waals surface area contributed by atoms with Crippen molar-refractivity contribution >= 4 is 16.4 Å². The molecule has 0 fully saturated rings. The summed E-state index contributed by atoms with van der Waals surface area (Å²) in [5, 5.41) is 0. The van der Waals surface area contributed by atoms with Crippen molar-refractivity contribution in [3.8, 4) is 11.3 Å². The van der Waals surface area contributed by atoms with E-state index in [1.54, 1.807) is 0 Å². The van der Waals surface area contributed by atoms with Gasteiger partial charge in [0.15, 0.2) is 0 Å². The Hall–Kier alpha value is -1.30. The molecule has 0 aliphatic carbocycles. The number of halogens is 5. The molecule has 2 rings (SSSR count). The summed E-state index contributed by atoms with van der Waals surface area (Å²) in [5.74, 6) is -0.458. The van der Waals surface area contributed by atoms with Crippen molar-refractivity contribution in [1.82, 2.24) is 4.98 Å². The van der Waals surface area contributed by atoms with Gasteiger partial charge >= 0.3 is 33.6 Å². The number of rotatable bonds is 1. The molecule has 8 heteroatoms. The number of hydrogen-bond donors (Lipinski definition) is 0. The molecule has 0 unspecified atom stereocenters. The number of benzene rings is 1.